The molecule has 2 aromatic carbocycles. The molecular weight excluding hydrogens is 456 g/mol. The Morgan fingerprint density at radius 1 is 1.03 bits per heavy atom. The molecule has 0 spiro atoms. The van der Waals surface area contributed by atoms with Gasteiger partial charge in [0, 0.05) is 43.5 Å². The highest BCUT2D eigenvalue weighted by atomic mass is 16.2. The number of aryl methyl sites for hydroxylation is 1. The standard InChI is InChI=1S/C27H26N6O3/c1-30-24-23(25(35)33(27(30)36)17-22(34)19-10-6-3-7-11-19)32(16-18-8-4-2-5-9-18)26(29-24)31-13-12-20-14-28-15-21(20)31/h2-11,15,20,28H,12-14,16-17H2,1H3. The van der Waals surface area contributed by atoms with E-state index in [0.717, 1.165) is 35.3 Å². The average Bonchev–Trinajstić information content (AvgIpc) is 3.62. The Kier molecular flexibility index (Phi) is 5.32. The Balaban J connectivity index is 1.54. The molecule has 1 N–H and O–H groups in total. The first-order chi connectivity index (χ1) is 17.5. The minimum Gasteiger partial charge on any atom is -0.389 e. The second kappa shape index (κ2) is 8.67. The number of fused-ring (bicyclic) bond motifs is 2. The third-order valence-corrected chi connectivity index (χ3v) is 7.08. The summed E-state index contributed by atoms with van der Waals surface area (Å²) in [5.74, 6) is 0.734. The number of carbonyl (C=O) groups excluding carboxylic acids is 1. The lowest BCUT2D eigenvalue weighted by molar-refractivity contribution is 0.0969. The van der Waals surface area contributed by atoms with Crippen molar-refractivity contribution in [2.75, 3.05) is 18.0 Å². The fraction of sp³-hybridized carbons (Fsp3) is 0.259. The monoisotopic (exact) mass is 482 g/mol. The van der Waals surface area contributed by atoms with E-state index in [2.05, 4.69) is 10.2 Å². The number of aromatic nitrogens is 4. The SMILES string of the molecule is Cn1c(=O)n(CC(=O)c2ccccc2)c(=O)c2c1nc(N1CCC3CNC=C31)n2Cc1ccccc1. The third-order valence-electron chi connectivity index (χ3n) is 7.08. The highest BCUT2D eigenvalue weighted by Crippen LogP contribution is 2.35. The van der Waals surface area contributed by atoms with Gasteiger partial charge in [0.2, 0.25) is 5.95 Å². The van der Waals surface area contributed by atoms with Crippen molar-refractivity contribution in [3.05, 3.63) is 105 Å². The summed E-state index contributed by atoms with van der Waals surface area (Å²) in [7, 11) is 1.60. The first-order valence-electron chi connectivity index (χ1n) is 12.1. The van der Waals surface area contributed by atoms with Crippen LogP contribution in [-0.2, 0) is 20.1 Å². The van der Waals surface area contributed by atoms with Crippen molar-refractivity contribution >= 4 is 22.9 Å². The van der Waals surface area contributed by atoms with Gasteiger partial charge in [-0.25, -0.2) is 4.79 Å². The van der Waals surface area contributed by atoms with E-state index < -0.39 is 11.2 Å². The molecule has 4 aromatic rings. The van der Waals surface area contributed by atoms with Gasteiger partial charge in [0.1, 0.15) is 0 Å². The van der Waals surface area contributed by atoms with Crippen LogP contribution in [0.4, 0.5) is 5.95 Å². The lowest BCUT2D eigenvalue weighted by atomic mass is 10.1. The van der Waals surface area contributed by atoms with Crippen molar-refractivity contribution in [2.45, 2.75) is 19.5 Å². The van der Waals surface area contributed by atoms with E-state index in [0.29, 0.717) is 35.1 Å². The number of Topliss-reactive ketones (excluding diaryl/α,β-unsaturated/α-hetero) is 1. The van der Waals surface area contributed by atoms with Crippen molar-refractivity contribution in [3.63, 3.8) is 0 Å². The molecule has 182 valence electrons. The Morgan fingerprint density at radius 3 is 2.50 bits per heavy atom. The Bertz CT molecular complexity index is 1610. The third kappa shape index (κ3) is 3.55. The van der Waals surface area contributed by atoms with Crippen molar-refractivity contribution in [3.8, 4) is 0 Å². The van der Waals surface area contributed by atoms with E-state index in [1.54, 1.807) is 31.3 Å². The van der Waals surface area contributed by atoms with Gasteiger partial charge in [0.25, 0.3) is 5.56 Å². The summed E-state index contributed by atoms with van der Waals surface area (Å²) in [6, 6.07) is 18.5. The molecule has 1 fully saturated rings. The van der Waals surface area contributed by atoms with Gasteiger partial charge in [-0.1, -0.05) is 60.7 Å². The van der Waals surface area contributed by atoms with Gasteiger partial charge in [0.05, 0.1) is 13.1 Å². The van der Waals surface area contributed by atoms with Crippen LogP contribution >= 0.6 is 0 Å². The molecule has 2 aliphatic rings. The molecule has 0 bridgehead atoms. The van der Waals surface area contributed by atoms with Gasteiger partial charge in [-0.15, -0.1) is 0 Å². The number of nitrogens with zero attached hydrogens (tertiary/aromatic N) is 5. The molecule has 2 aliphatic heterocycles. The second-order valence-electron chi connectivity index (χ2n) is 9.29. The summed E-state index contributed by atoms with van der Waals surface area (Å²) in [6.07, 6.45) is 3.00. The zero-order valence-electron chi connectivity index (χ0n) is 19.9. The van der Waals surface area contributed by atoms with Crippen LogP contribution in [0.5, 0.6) is 0 Å². The van der Waals surface area contributed by atoms with Crippen molar-refractivity contribution < 1.29 is 4.79 Å². The fourth-order valence-corrected chi connectivity index (χ4v) is 5.19. The molecule has 1 saturated heterocycles. The number of hydrogen-bond donors (Lipinski definition) is 1. The molecule has 6 rings (SSSR count). The van der Waals surface area contributed by atoms with Crippen molar-refractivity contribution in [1.29, 1.82) is 0 Å². The van der Waals surface area contributed by atoms with E-state index in [1.807, 2.05) is 47.2 Å². The molecule has 1 unspecified atom stereocenters. The van der Waals surface area contributed by atoms with Gasteiger partial charge in [-0.05, 0) is 12.0 Å². The molecule has 0 aliphatic carbocycles. The van der Waals surface area contributed by atoms with E-state index in [9.17, 15) is 14.4 Å². The quantitative estimate of drug-likeness (QED) is 0.423. The Labute approximate surface area is 206 Å². The Hall–Kier alpha value is -4.40. The highest BCUT2D eigenvalue weighted by Gasteiger charge is 2.35. The Morgan fingerprint density at radius 2 is 1.75 bits per heavy atom. The summed E-state index contributed by atoms with van der Waals surface area (Å²) in [5, 5.41) is 3.31. The molecule has 9 heteroatoms. The maximum Gasteiger partial charge on any atom is 0.332 e. The zero-order chi connectivity index (χ0) is 24.8. The van der Waals surface area contributed by atoms with Gasteiger partial charge >= 0.3 is 5.69 Å². The molecule has 36 heavy (non-hydrogen) atoms. The molecule has 0 amide bonds. The summed E-state index contributed by atoms with van der Waals surface area (Å²) in [4.78, 5) is 47.0. The van der Waals surface area contributed by atoms with Crippen LogP contribution in [0, 0.1) is 5.92 Å². The molecule has 2 aromatic heterocycles. The highest BCUT2D eigenvalue weighted by molar-refractivity contribution is 5.96. The van der Waals surface area contributed by atoms with E-state index in [1.165, 1.54) is 4.57 Å². The van der Waals surface area contributed by atoms with Crippen LogP contribution < -0.4 is 21.5 Å². The van der Waals surface area contributed by atoms with Crippen LogP contribution in [0.25, 0.3) is 11.2 Å². The number of hydrogen-bond acceptors (Lipinski definition) is 6. The average molecular weight is 483 g/mol. The van der Waals surface area contributed by atoms with Crippen LogP contribution in [-0.4, -0.2) is 37.6 Å². The van der Waals surface area contributed by atoms with Gasteiger partial charge < -0.3 is 10.2 Å². The van der Waals surface area contributed by atoms with Crippen molar-refractivity contribution in [1.82, 2.24) is 24.0 Å². The van der Waals surface area contributed by atoms with E-state index in [-0.39, 0.29) is 12.3 Å². The van der Waals surface area contributed by atoms with Gasteiger partial charge in [-0.3, -0.25) is 23.3 Å². The predicted molar refractivity (Wildman–Crippen MR) is 137 cm³/mol. The lowest BCUT2D eigenvalue weighted by Gasteiger charge is -2.20. The van der Waals surface area contributed by atoms with E-state index in [4.69, 9.17) is 4.98 Å². The van der Waals surface area contributed by atoms with Gasteiger partial charge in [0.15, 0.2) is 16.9 Å². The number of carbonyl (C=O) groups is 1. The predicted octanol–water partition coefficient (Wildman–Crippen LogP) is 2.10. The number of benzene rings is 2. The normalized spacial score (nSPS) is 16.8. The summed E-state index contributed by atoms with van der Waals surface area (Å²) in [6.45, 7) is 1.75. The molecule has 0 saturated carbocycles. The fourth-order valence-electron chi connectivity index (χ4n) is 5.19. The first kappa shape index (κ1) is 22.1. The molecule has 1 atom stereocenters. The zero-order valence-corrected chi connectivity index (χ0v) is 19.9. The summed E-state index contributed by atoms with van der Waals surface area (Å²) < 4.78 is 4.28. The summed E-state index contributed by atoms with van der Waals surface area (Å²) >= 11 is 0. The topological polar surface area (TPSA) is 94.2 Å². The number of rotatable bonds is 6. The van der Waals surface area contributed by atoms with Crippen LogP contribution in [0.2, 0.25) is 0 Å². The molecule has 4 heterocycles. The van der Waals surface area contributed by atoms with Crippen LogP contribution in [0.15, 0.2) is 82.1 Å². The smallest absolute Gasteiger partial charge is 0.332 e. The molecule has 0 radical (unpaired) electrons. The number of ketones is 1. The minimum atomic E-state index is -0.561. The largest absolute Gasteiger partial charge is 0.389 e. The maximum atomic E-state index is 13.8. The molecular formula is C27H26N6O3. The maximum absolute atomic E-state index is 13.8. The number of nitrogens with one attached hydrogen (secondary N) is 1. The number of imidazole rings is 1. The first-order valence-corrected chi connectivity index (χ1v) is 12.1. The van der Waals surface area contributed by atoms with Crippen molar-refractivity contribution in [2.24, 2.45) is 13.0 Å². The van der Waals surface area contributed by atoms with Crippen LogP contribution in [0.1, 0.15) is 22.3 Å². The van der Waals surface area contributed by atoms with Crippen LogP contribution in [0.3, 0.4) is 0 Å². The molecule has 9 nitrogen and oxygen atoms in total. The van der Waals surface area contributed by atoms with Gasteiger partial charge in [-0.2, -0.15) is 4.98 Å². The van der Waals surface area contributed by atoms with E-state index >= 15 is 0 Å². The minimum absolute atomic E-state index is 0.298. The number of anilines is 1. The second-order valence-corrected chi connectivity index (χ2v) is 9.29. The summed E-state index contributed by atoms with van der Waals surface area (Å²) in [5.41, 5.74) is 2.15. The lowest BCUT2D eigenvalue weighted by Crippen LogP contribution is -2.41.